The van der Waals surface area contributed by atoms with E-state index >= 15 is 0 Å². The van der Waals surface area contributed by atoms with Crippen LogP contribution in [0.15, 0.2) is 44.9 Å². The Balaban J connectivity index is 2.22. The van der Waals surface area contributed by atoms with Crippen LogP contribution in [0.25, 0.3) is 22.2 Å². The van der Waals surface area contributed by atoms with Gasteiger partial charge in [-0.25, -0.2) is 9.78 Å². The smallest absolute Gasteiger partial charge is 0.345 e. The van der Waals surface area contributed by atoms with Gasteiger partial charge in [-0.2, -0.15) is 0 Å². The lowest BCUT2D eigenvalue weighted by molar-refractivity contribution is 0.281. The van der Waals surface area contributed by atoms with Gasteiger partial charge in [-0.15, -0.1) is 11.3 Å². The maximum atomic E-state index is 11.9. The number of nitrogens with zero attached hydrogens (tertiary/aromatic N) is 1. The van der Waals surface area contributed by atoms with E-state index in [0.29, 0.717) is 21.8 Å². The van der Waals surface area contributed by atoms with E-state index in [2.05, 4.69) is 4.98 Å². The molecule has 0 bridgehead atoms. The van der Waals surface area contributed by atoms with Crippen molar-refractivity contribution in [2.45, 2.75) is 6.61 Å². The molecule has 0 aliphatic carbocycles. The van der Waals surface area contributed by atoms with Crippen LogP contribution >= 0.6 is 11.3 Å². The highest BCUT2D eigenvalue weighted by molar-refractivity contribution is 7.09. The molecule has 0 amide bonds. The number of thiazole rings is 1. The first kappa shape index (κ1) is 11.1. The van der Waals surface area contributed by atoms with Crippen molar-refractivity contribution in [3.8, 4) is 11.3 Å². The Hall–Kier alpha value is -1.98. The van der Waals surface area contributed by atoms with Gasteiger partial charge in [-0.05, 0) is 12.1 Å². The number of aliphatic hydroxyl groups is 1. The molecular formula is C13H9NO3S. The van der Waals surface area contributed by atoms with Gasteiger partial charge in [-0.3, -0.25) is 0 Å². The Morgan fingerprint density at radius 3 is 2.94 bits per heavy atom. The van der Waals surface area contributed by atoms with Crippen LogP contribution < -0.4 is 5.63 Å². The molecule has 4 nitrogen and oxygen atoms in total. The fourth-order valence-electron chi connectivity index (χ4n) is 1.75. The molecule has 90 valence electrons. The van der Waals surface area contributed by atoms with E-state index < -0.39 is 5.63 Å². The molecule has 5 heteroatoms. The molecule has 3 rings (SSSR count). The van der Waals surface area contributed by atoms with Crippen LogP contribution in [-0.4, -0.2) is 10.1 Å². The molecule has 3 aromatic rings. The van der Waals surface area contributed by atoms with Gasteiger partial charge in [0.15, 0.2) is 0 Å². The summed E-state index contributed by atoms with van der Waals surface area (Å²) in [5.41, 5.74) is 1.11. The SMILES string of the molecule is O=c1oc2ccccc2cc1-c1csc(CO)n1. The molecule has 0 aliphatic rings. The third-order valence-corrected chi connectivity index (χ3v) is 3.44. The molecule has 1 N–H and O–H groups in total. The van der Waals surface area contributed by atoms with Crippen molar-refractivity contribution in [3.63, 3.8) is 0 Å². The molecule has 0 atom stereocenters. The summed E-state index contributed by atoms with van der Waals surface area (Å²) < 4.78 is 5.24. The predicted octanol–water partition coefficient (Wildman–Crippen LogP) is 2.41. The van der Waals surface area contributed by atoms with E-state index in [-0.39, 0.29) is 6.61 Å². The number of benzene rings is 1. The van der Waals surface area contributed by atoms with Gasteiger partial charge in [0.1, 0.15) is 10.6 Å². The van der Waals surface area contributed by atoms with Crippen molar-refractivity contribution in [1.29, 1.82) is 0 Å². The maximum absolute atomic E-state index is 11.9. The van der Waals surface area contributed by atoms with Gasteiger partial charge in [0.2, 0.25) is 0 Å². The number of rotatable bonds is 2. The molecule has 0 unspecified atom stereocenters. The average molecular weight is 259 g/mol. The highest BCUT2D eigenvalue weighted by atomic mass is 32.1. The summed E-state index contributed by atoms with van der Waals surface area (Å²) in [4.78, 5) is 16.0. The largest absolute Gasteiger partial charge is 0.422 e. The standard InChI is InChI=1S/C13H9NO3S/c15-6-12-14-10(7-18-12)9-5-8-3-1-2-4-11(8)17-13(9)16/h1-5,7,15H,6H2. The molecule has 0 aliphatic heterocycles. The third kappa shape index (κ3) is 1.83. The summed E-state index contributed by atoms with van der Waals surface area (Å²) >= 11 is 1.32. The molecule has 0 saturated carbocycles. The van der Waals surface area contributed by atoms with Crippen LogP contribution in [0.5, 0.6) is 0 Å². The lowest BCUT2D eigenvalue weighted by Gasteiger charge is -1.98. The van der Waals surface area contributed by atoms with Crippen molar-refractivity contribution in [2.75, 3.05) is 0 Å². The number of hydrogen-bond donors (Lipinski definition) is 1. The lowest BCUT2D eigenvalue weighted by Crippen LogP contribution is -2.02. The number of para-hydroxylation sites is 1. The second-order valence-electron chi connectivity index (χ2n) is 3.77. The molecule has 2 aromatic heterocycles. The highest BCUT2D eigenvalue weighted by Gasteiger charge is 2.10. The van der Waals surface area contributed by atoms with Gasteiger partial charge in [0, 0.05) is 10.8 Å². The minimum atomic E-state index is -0.413. The highest BCUT2D eigenvalue weighted by Crippen LogP contribution is 2.22. The average Bonchev–Trinajstić information content (AvgIpc) is 2.86. The summed E-state index contributed by atoms with van der Waals surface area (Å²) in [5, 5.41) is 12.2. The summed E-state index contributed by atoms with van der Waals surface area (Å²) in [7, 11) is 0. The fourth-order valence-corrected chi connectivity index (χ4v) is 2.40. The van der Waals surface area contributed by atoms with E-state index in [1.165, 1.54) is 11.3 Å². The minimum Gasteiger partial charge on any atom is -0.422 e. The number of hydrogen-bond acceptors (Lipinski definition) is 5. The summed E-state index contributed by atoms with van der Waals surface area (Å²) in [6, 6.07) is 9.09. The normalized spacial score (nSPS) is 10.9. The topological polar surface area (TPSA) is 63.3 Å². The van der Waals surface area contributed by atoms with Gasteiger partial charge < -0.3 is 9.52 Å². The molecule has 1 aromatic carbocycles. The first-order valence-electron chi connectivity index (χ1n) is 5.36. The van der Waals surface area contributed by atoms with Gasteiger partial charge in [-0.1, -0.05) is 18.2 Å². The molecule has 0 fully saturated rings. The van der Waals surface area contributed by atoms with E-state index in [1.807, 2.05) is 18.2 Å². The van der Waals surface area contributed by atoms with Crippen molar-refractivity contribution in [1.82, 2.24) is 4.98 Å². The fraction of sp³-hybridized carbons (Fsp3) is 0.0769. The maximum Gasteiger partial charge on any atom is 0.345 e. The van der Waals surface area contributed by atoms with Crippen molar-refractivity contribution in [2.24, 2.45) is 0 Å². The number of aromatic nitrogens is 1. The van der Waals surface area contributed by atoms with E-state index in [4.69, 9.17) is 9.52 Å². The molecule has 0 spiro atoms. The number of aliphatic hydroxyl groups excluding tert-OH is 1. The Kier molecular flexibility index (Phi) is 2.70. The van der Waals surface area contributed by atoms with Gasteiger partial charge in [0.25, 0.3) is 0 Å². The first-order chi connectivity index (χ1) is 8.78. The van der Waals surface area contributed by atoms with E-state index in [1.54, 1.807) is 17.5 Å². The van der Waals surface area contributed by atoms with E-state index in [9.17, 15) is 4.79 Å². The van der Waals surface area contributed by atoms with Gasteiger partial charge in [0.05, 0.1) is 17.9 Å². The van der Waals surface area contributed by atoms with Gasteiger partial charge >= 0.3 is 5.63 Å². The third-order valence-electron chi connectivity index (χ3n) is 2.60. The zero-order valence-corrected chi connectivity index (χ0v) is 10.1. The number of fused-ring (bicyclic) bond motifs is 1. The summed E-state index contributed by atoms with van der Waals surface area (Å²) in [6.45, 7) is -0.121. The lowest BCUT2D eigenvalue weighted by atomic mass is 10.1. The molecule has 0 saturated heterocycles. The Morgan fingerprint density at radius 2 is 2.17 bits per heavy atom. The van der Waals surface area contributed by atoms with Crippen molar-refractivity contribution < 1.29 is 9.52 Å². The summed E-state index contributed by atoms with van der Waals surface area (Å²) in [5.74, 6) is 0. The zero-order chi connectivity index (χ0) is 12.5. The van der Waals surface area contributed by atoms with Crippen LogP contribution in [-0.2, 0) is 6.61 Å². The van der Waals surface area contributed by atoms with Crippen molar-refractivity contribution in [3.05, 3.63) is 51.1 Å². The predicted molar refractivity (Wildman–Crippen MR) is 69.5 cm³/mol. The van der Waals surface area contributed by atoms with Crippen LogP contribution in [0, 0.1) is 0 Å². The zero-order valence-electron chi connectivity index (χ0n) is 9.29. The van der Waals surface area contributed by atoms with Crippen LogP contribution in [0.3, 0.4) is 0 Å². The Labute approximate surface area is 106 Å². The van der Waals surface area contributed by atoms with E-state index in [0.717, 1.165) is 5.39 Å². The van der Waals surface area contributed by atoms with Crippen molar-refractivity contribution >= 4 is 22.3 Å². The van der Waals surface area contributed by atoms with Crippen LogP contribution in [0.2, 0.25) is 0 Å². The Bertz CT molecular complexity index is 760. The molecule has 0 radical (unpaired) electrons. The Morgan fingerprint density at radius 1 is 1.33 bits per heavy atom. The van der Waals surface area contributed by atoms with Crippen LogP contribution in [0.1, 0.15) is 5.01 Å². The molecule has 18 heavy (non-hydrogen) atoms. The summed E-state index contributed by atoms with van der Waals surface area (Å²) in [6.07, 6.45) is 0. The first-order valence-corrected chi connectivity index (χ1v) is 6.24. The second kappa shape index (κ2) is 4.36. The monoisotopic (exact) mass is 259 g/mol. The molecular weight excluding hydrogens is 250 g/mol. The quantitative estimate of drug-likeness (QED) is 0.718. The van der Waals surface area contributed by atoms with Crippen LogP contribution in [0.4, 0.5) is 0 Å². The second-order valence-corrected chi connectivity index (χ2v) is 4.71. The molecule has 2 heterocycles. The minimum absolute atomic E-state index is 0.121.